The van der Waals surface area contributed by atoms with Gasteiger partial charge in [0.05, 0.1) is 5.02 Å². The molecule has 2 N–H and O–H groups in total. The van der Waals surface area contributed by atoms with Crippen molar-refractivity contribution in [2.24, 2.45) is 0 Å². The molecule has 0 aliphatic rings. The van der Waals surface area contributed by atoms with E-state index in [2.05, 4.69) is 15.6 Å². The molecule has 0 fully saturated rings. The Morgan fingerprint density at radius 2 is 1.89 bits per heavy atom. The van der Waals surface area contributed by atoms with Crippen LogP contribution >= 0.6 is 23.8 Å². The third kappa shape index (κ3) is 5.77. The van der Waals surface area contributed by atoms with Crippen molar-refractivity contribution < 1.29 is 9.53 Å². The minimum Gasteiger partial charge on any atom is -0.489 e. The van der Waals surface area contributed by atoms with E-state index in [0.717, 1.165) is 5.56 Å². The maximum Gasteiger partial charge on any atom is 0.257 e. The molecule has 0 aliphatic heterocycles. The second-order valence-corrected chi connectivity index (χ2v) is 6.42. The minimum absolute atomic E-state index is 0.144. The van der Waals surface area contributed by atoms with Crippen molar-refractivity contribution in [2.75, 3.05) is 5.32 Å². The molecule has 27 heavy (non-hydrogen) atoms. The lowest BCUT2D eigenvalue weighted by atomic mass is 10.2. The van der Waals surface area contributed by atoms with Crippen LogP contribution in [0.15, 0.2) is 72.9 Å². The molecule has 0 radical (unpaired) electrons. The van der Waals surface area contributed by atoms with Crippen LogP contribution in [0.3, 0.4) is 0 Å². The fourth-order valence-corrected chi connectivity index (χ4v) is 2.55. The van der Waals surface area contributed by atoms with E-state index >= 15 is 0 Å². The molecule has 1 aromatic heterocycles. The summed E-state index contributed by atoms with van der Waals surface area (Å²) in [6.07, 6.45) is 1.49. The number of aromatic nitrogens is 1. The number of pyridine rings is 1. The van der Waals surface area contributed by atoms with Crippen molar-refractivity contribution in [3.8, 4) is 5.75 Å². The van der Waals surface area contributed by atoms with Gasteiger partial charge in [-0.05, 0) is 48.1 Å². The number of nitrogens with one attached hydrogen (secondary N) is 2. The van der Waals surface area contributed by atoms with Crippen molar-refractivity contribution in [3.63, 3.8) is 0 Å². The lowest BCUT2D eigenvalue weighted by Crippen LogP contribution is -2.34. The van der Waals surface area contributed by atoms with Crippen molar-refractivity contribution in [1.29, 1.82) is 0 Å². The number of anilines is 1. The largest absolute Gasteiger partial charge is 0.489 e. The van der Waals surface area contributed by atoms with Crippen LogP contribution in [0.1, 0.15) is 15.9 Å². The van der Waals surface area contributed by atoms with Gasteiger partial charge in [-0.15, -0.1) is 0 Å². The van der Waals surface area contributed by atoms with E-state index in [1.54, 1.807) is 36.4 Å². The average molecular weight is 398 g/mol. The van der Waals surface area contributed by atoms with E-state index in [1.807, 2.05) is 30.3 Å². The second-order valence-electron chi connectivity index (χ2n) is 5.57. The number of amides is 1. The molecule has 1 heterocycles. The Labute approximate surface area is 167 Å². The van der Waals surface area contributed by atoms with E-state index in [0.29, 0.717) is 28.8 Å². The van der Waals surface area contributed by atoms with Crippen molar-refractivity contribution in [3.05, 3.63) is 89.1 Å². The SMILES string of the molecule is O=C(NC(=S)Nc1ccc(Cl)cn1)c1cccc(OCc2ccccc2)c1. The van der Waals surface area contributed by atoms with Gasteiger partial charge in [0.15, 0.2) is 5.11 Å². The molecule has 0 saturated heterocycles. The van der Waals surface area contributed by atoms with Gasteiger partial charge in [0.2, 0.25) is 0 Å². The van der Waals surface area contributed by atoms with Crippen molar-refractivity contribution in [2.45, 2.75) is 6.61 Å². The normalized spacial score (nSPS) is 10.1. The van der Waals surface area contributed by atoms with Gasteiger partial charge >= 0.3 is 0 Å². The number of carbonyl (C=O) groups excluding carboxylic acids is 1. The zero-order chi connectivity index (χ0) is 19.1. The van der Waals surface area contributed by atoms with Crippen LogP contribution in [0.4, 0.5) is 5.82 Å². The lowest BCUT2D eigenvalue weighted by Gasteiger charge is -2.10. The number of benzene rings is 2. The Morgan fingerprint density at radius 1 is 1.07 bits per heavy atom. The third-order valence-corrected chi connectivity index (χ3v) is 3.97. The Morgan fingerprint density at radius 3 is 2.63 bits per heavy atom. The summed E-state index contributed by atoms with van der Waals surface area (Å²) in [5.74, 6) is 0.751. The van der Waals surface area contributed by atoms with Gasteiger partial charge in [-0.2, -0.15) is 0 Å². The minimum atomic E-state index is -0.341. The van der Waals surface area contributed by atoms with E-state index in [-0.39, 0.29) is 11.0 Å². The summed E-state index contributed by atoms with van der Waals surface area (Å²) in [5.41, 5.74) is 1.49. The van der Waals surface area contributed by atoms with Crippen LogP contribution in [0.2, 0.25) is 5.02 Å². The van der Waals surface area contributed by atoms with E-state index < -0.39 is 0 Å². The molecule has 2 aromatic carbocycles. The van der Waals surface area contributed by atoms with Gasteiger partial charge < -0.3 is 10.1 Å². The number of nitrogens with zero attached hydrogens (tertiary/aromatic N) is 1. The summed E-state index contributed by atoms with van der Waals surface area (Å²) in [6, 6.07) is 20.1. The fourth-order valence-electron chi connectivity index (χ4n) is 2.24. The first-order valence-corrected chi connectivity index (χ1v) is 8.89. The first-order chi connectivity index (χ1) is 13.1. The summed E-state index contributed by atoms with van der Waals surface area (Å²) < 4.78 is 5.74. The molecule has 5 nitrogen and oxygen atoms in total. The van der Waals surface area contributed by atoms with Crippen LogP contribution in [0.5, 0.6) is 5.75 Å². The second kappa shape index (κ2) is 9.12. The Kier molecular flexibility index (Phi) is 6.35. The summed E-state index contributed by atoms with van der Waals surface area (Å²) >= 11 is 10.9. The predicted molar refractivity (Wildman–Crippen MR) is 110 cm³/mol. The standard InChI is InChI=1S/C20H16ClN3O2S/c21-16-9-10-18(22-12-16)23-20(27)24-19(25)15-7-4-8-17(11-15)26-13-14-5-2-1-3-6-14/h1-12H,13H2,(H2,22,23,24,25,27). The fraction of sp³-hybridized carbons (Fsp3) is 0.0500. The molecular formula is C20H16ClN3O2S. The number of halogens is 1. The summed E-state index contributed by atoms with van der Waals surface area (Å²) in [6.45, 7) is 0.425. The van der Waals surface area contributed by atoms with E-state index in [9.17, 15) is 4.79 Å². The first-order valence-electron chi connectivity index (χ1n) is 8.11. The molecule has 0 aliphatic carbocycles. The van der Waals surface area contributed by atoms with Crippen molar-refractivity contribution in [1.82, 2.24) is 10.3 Å². The van der Waals surface area contributed by atoms with Crippen LogP contribution in [0.25, 0.3) is 0 Å². The molecule has 0 bridgehead atoms. The molecule has 0 spiro atoms. The van der Waals surface area contributed by atoms with E-state index in [4.69, 9.17) is 28.6 Å². The highest BCUT2D eigenvalue weighted by atomic mass is 35.5. The van der Waals surface area contributed by atoms with Crippen LogP contribution in [0, 0.1) is 0 Å². The number of hydrogen-bond acceptors (Lipinski definition) is 4. The topological polar surface area (TPSA) is 63.2 Å². The summed E-state index contributed by atoms with van der Waals surface area (Å²) in [7, 11) is 0. The Bertz CT molecular complexity index is 933. The van der Waals surface area contributed by atoms with Crippen molar-refractivity contribution >= 4 is 40.7 Å². The van der Waals surface area contributed by atoms with E-state index in [1.165, 1.54) is 6.20 Å². The molecule has 0 unspecified atom stereocenters. The monoisotopic (exact) mass is 397 g/mol. The maximum absolute atomic E-state index is 12.4. The molecule has 0 atom stereocenters. The summed E-state index contributed by atoms with van der Waals surface area (Å²) in [4.78, 5) is 16.5. The molecule has 7 heteroatoms. The predicted octanol–water partition coefficient (Wildman–Crippen LogP) is 4.44. The van der Waals surface area contributed by atoms with Crippen LogP contribution < -0.4 is 15.4 Å². The number of thiocarbonyl (C=S) groups is 1. The van der Waals surface area contributed by atoms with Gasteiger partial charge in [-0.3, -0.25) is 10.1 Å². The average Bonchev–Trinajstić information content (AvgIpc) is 2.69. The van der Waals surface area contributed by atoms with Crippen LogP contribution in [-0.4, -0.2) is 16.0 Å². The number of hydrogen-bond donors (Lipinski definition) is 2. The zero-order valence-electron chi connectivity index (χ0n) is 14.2. The van der Waals surface area contributed by atoms with Gasteiger partial charge in [0.25, 0.3) is 5.91 Å². The van der Waals surface area contributed by atoms with Gasteiger partial charge in [0.1, 0.15) is 18.2 Å². The molecule has 136 valence electrons. The maximum atomic E-state index is 12.4. The van der Waals surface area contributed by atoms with Gasteiger partial charge in [0, 0.05) is 11.8 Å². The molecule has 3 aromatic rings. The third-order valence-electron chi connectivity index (χ3n) is 3.54. The molecule has 3 rings (SSSR count). The van der Waals surface area contributed by atoms with Gasteiger partial charge in [-0.1, -0.05) is 48.0 Å². The smallest absolute Gasteiger partial charge is 0.257 e. The molecule has 0 saturated carbocycles. The number of rotatable bonds is 5. The van der Waals surface area contributed by atoms with Gasteiger partial charge in [-0.25, -0.2) is 4.98 Å². The van der Waals surface area contributed by atoms with Crippen LogP contribution in [-0.2, 0) is 6.61 Å². The highest BCUT2D eigenvalue weighted by Gasteiger charge is 2.09. The summed E-state index contributed by atoms with van der Waals surface area (Å²) in [5, 5.41) is 6.10. The highest BCUT2D eigenvalue weighted by Crippen LogP contribution is 2.15. The highest BCUT2D eigenvalue weighted by molar-refractivity contribution is 7.80. The first kappa shape index (κ1) is 18.8. The number of ether oxygens (including phenoxy) is 1. The Hall–Kier alpha value is -2.96. The lowest BCUT2D eigenvalue weighted by molar-refractivity contribution is 0.0977. The number of carbonyl (C=O) groups is 1. The molecular weight excluding hydrogens is 382 g/mol. The quantitative estimate of drug-likeness (QED) is 0.623. The Balaban J connectivity index is 1.57. The zero-order valence-corrected chi connectivity index (χ0v) is 15.8. The molecule has 1 amide bonds.